The maximum Gasteiger partial charge on any atom is 0.171 e. The highest BCUT2D eigenvalue weighted by molar-refractivity contribution is 7.80. The van der Waals surface area contributed by atoms with Crippen molar-refractivity contribution in [3.8, 4) is 0 Å². The Kier molecular flexibility index (Phi) is 5.27. The molecule has 1 aromatic carbocycles. The smallest absolute Gasteiger partial charge is 0.171 e. The predicted molar refractivity (Wildman–Crippen MR) is 91.6 cm³/mol. The topological polar surface area (TPSA) is 41.9 Å². The molecular weight excluding hydrogens is 299 g/mol. The van der Waals surface area contributed by atoms with E-state index in [-0.39, 0.29) is 5.82 Å². The molecule has 22 heavy (non-hydrogen) atoms. The molecule has 0 spiro atoms. The first-order valence-corrected chi connectivity index (χ1v) is 7.37. The Labute approximate surface area is 135 Å². The number of nitrogens with zero attached hydrogens (tertiary/aromatic N) is 2. The lowest BCUT2D eigenvalue weighted by Crippen LogP contribution is -2.28. The normalized spacial score (nSPS) is 10.3. The Hall–Kier alpha value is -2.21. The summed E-state index contributed by atoms with van der Waals surface area (Å²) in [4.78, 5) is 0. The van der Waals surface area contributed by atoms with Gasteiger partial charge in [-0.15, -0.1) is 6.58 Å². The van der Waals surface area contributed by atoms with Crippen LogP contribution in [0.25, 0.3) is 0 Å². The van der Waals surface area contributed by atoms with E-state index in [0.29, 0.717) is 23.8 Å². The number of nitrogens with one attached hydrogen (secondary N) is 2. The molecule has 2 N–H and O–H groups in total. The first-order valence-electron chi connectivity index (χ1n) is 6.96. The van der Waals surface area contributed by atoms with Crippen LogP contribution in [0.1, 0.15) is 17.0 Å². The Bertz CT molecular complexity index is 693. The van der Waals surface area contributed by atoms with Crippen molar-refractivity contribution in [3.63, 3.8) is 0 Å². The molecule has 0 saturated heterocycles. The van der Waals surface area contributed by atoms with Crippen LogP contribution in [0.3, 0.4) is 0 Å². The lowest BCUT2D eigenvalue weighted by molar-refractivity contribution is 0.579. The number of hydrogen-bond donors (Lipinski definition) is 2. The number of thiocarbonyl (C=S) groups is 1. The molecule has 2 rings (SSSR count). The third-order valence-corrected chi connectivity index (χ3v) is 3.55. The molecule has 0 aliphatic heterocycles. The average Bonchev–Trinajstić information content (AvgIpc) is 2.75. The van der Waals surface area contributed by atoms with Crippen LogP contribution < -0.4 is 10.6 Å². The highest BCUT2D eigenvalue weighted by Crippen LogP contribution is 2.21. The van der Waals surface area contributed by atoms with Crippen molar-refractivity contribution in [2.45, 2.75) is 20.4 Å². The summed E-state index contributed by atoms with van der Waals surface area (Å²) in [5.41, 5.74) is 3.17. The summed E-state index contributed by atoms with van der Waals surface area (Å²) in [7, 11) is 0. The third kappa shape index (κ3) is 3.71. The second kappa shape index (κ2) is 7.17. The van der Waals surface area contributed by atoms with Crippen molar-refractivity contribution >= 4 is 23.0 Å². The zero-order chi connectivity index (χ0) is 16.1. The molecule has 0 atom stereocenters. The minimum atomic E-state index is -0.229. The van der Waals surface area contributed by atoms with Gasteiger partial charge in [0.15, 0.2) is 5.11 Å². The number of anilines is 1. The van der Waals surface area contributed by atoms with Gasteiger partial charge in [-0.05, 0) is 32.1 Å². The fourth-order valence-corrected chi connectivity index (χ4v) is 2.33. The van der Waals surface area contributed by atoms with Crippen molar-refractivity contribution in [2.24, 2.45) is 0 Å². The molecule has 1 aromatic heterocycles. The van der Waals surface area contributed by atoms with Gasteiger partial charge in [0.2, 0.25) is 0 Å². The summed E-state index contributed by atoms with van der Waals surface area (Å²) in [6.07, 6.45) is 1.73. The largest absolute Gasteiger partial charge is 0.359 e. The summed E-state index contributed by atoms with van der Waals surface area (Å²) in [5.74, 6) is -0.229. The van der Waals surface area contributed by atoms with Gasteiger partial charge in [-0.1, -0.05) is 24.3 Å². The molecule has 0 saturated carbocycles. The van der Waals surface area contributed by atoms with Crippen molar-refractivity contribution in [1.82, 2.24) is 15.1 Å². The molecule has 0 radical (unpaired) electrons. The lowest BCUT2D eigenvalue weighted by atomic mass is 10.2. The Morgan fingerprint density at radius 3 is 2.82 bits per heavy atom. The quantitative estimate of drug-likeness (QED) is 0.656. The molecule has 0 aliphatic rings. The first kappa shape index (κ1) is 16.2. The number of aromatic nitrogens is 2. The molecule has 0 fully saturated rings. The number of hydrogen-bond acceptors (Lipinski definition) is 2. The summed E-state index contributed by atoms with van der Waals surface area (Å²) >= 11 is 5.21. The van der Waals surface area contributed by atoms with Crippen molar-refractivity contribution in [1.29, 1.82) is 0 Å². The number of aryl methyl sites for hydroxylation is 1. The molecular formula is C16H19FN4S. The van der Waals surface area contributed by atoms with E-state index in [9.17, 15) is 4.39 Å². The van der Waals surface area contributed by atoms with Gasteiger partial charge in [0.25, 0.3) is 0 Å². The van der Waals surface area contributed by atoms with E-state index in [2.05, 4.69) is 22.3 Å². The minimum absolute atomic E-state index is 0.229. The fourth-order valence-electron chi connectivity index (χ4n) is 2.14. The maximum atomic E-state index is 13.8. The van der Waals surface area contributed by atoms with Crippen LogP contribution >= 0.6 is 12.2 Å². The van der Waals surface area contributed by atoms with Crippen molar-refractivity contribution in [3.05, 3.63) is 59.7 Å². The minimum Gasteiger partial charge on any atom is -0.359 e. The maximum absolute atomic E-state index is 13.8. The first-order chi connectivity index (χ1) is 10.5. The van der Waals surface area contributed by atoms with Gasteiger partial charge < -0.3 is 10.6 Å². The Balaban J connectivity index is 2.18. The molecule has 0 unspecified atom stereocenters. The SMILES string of the molecule is C=CCNC(=S)Nc1c(C)nn(Cc2ccccc2F)c1C. The molecule has 0 amide bonds. The van der Waals surface area contributed by atoms with E-state index < -0.39 is 0 Å². The molecule has 0 bridgehead atoms. The van der Waals surface area contributed by atoms with Gasteiger partial charge in [-0.3, -0.25) is 4.68 Å². The van der Waals surface area contributed by atoms with Gasteiger partial charge in [0.05, 0.1) is 23.6 Å². The van der Waals surface area contributed by atoms with E-state index in [1.165, 1.54) is 6.07 Å². The molecule has 6 heteroatoms. The fraction of sp³-hybridized carbons (Fsp3) is 0.250. The monoisotopic (exact) mass is 318 g/mol. The molecule has 1 heterocycles. The van der Waals surface area contributed by atoms with Gasteiger partial charge >= 0.3 is 0 Å². The second-order valence-corrected chi connectivity index (χ2v) is 5.33. The summed E-state index contributed by atoms with van der Waals surface area (Å²) in [6, 6.07) is 6.71. The van der Waals surface area contributed by atoms with E-state index >= 15 is 0 Å². The van der Waals surface area contributed by atoms with E-state index in [0.717, 1.165) is 17.1 Å². The zero-order valence-corrected chi connectivity index (χ0v) is 13.5. The van der Waals surface area contributed by atoms with E-state index in [4.69, 9.17) is 12.2 Å². The van der Waals surface area contributed by atoms with Crippen molar-refractivity contribution < 1.29 is 4.39 Å². The molecule has 0 aliphatic carbocycles. The van der Waals surface area contributed by atoms with Gasteiger partial charge in [-0.2, -0.15) is 5.10 Å². The van der Waals surface area contributed by atoms with Crippen LogP contribution in [0.5, 0.6) is 0 Å². The van der Waals surface area contributed by atoms with E-state index in [1.54, 1.807) is 22.9 Å². The van der Waals surface area contributed by atoms with Gasteiger partial charge in [0.1, 0.15) is 5.82 Å². The van der Waals surface area contributed by atoms with Gasteiger partial charge in [0, 0.05) is 12.1 Å². The highest BCUT2D eigenvalue weighted by atomic mass is 32.1. The zero-order valence-electron chi connectivity index (χ0n) is 12.7. The number of halogens is 1. The summed E-state index contributed by atoms with van der Waals surface area (Å²) < 4.78 is 15.5. The van der Waals surface area contributed by atoms with E-state index in [1.807, 2.05) is 19.9 Å². The van der Waals surface area contributed by atoms with Crippen LogP contribution in [0.4, 0.5) is 10.1 Å². The predicted octanol–water partition coefficient (Wildman–Crippen LogP) is 3.16. The van der Waals surface area contributed by atoms with Crippen LogP contribution in [0.2, 0.25) is 0 Å². The molecule has 116 valence electrons. The standard InChI is InChI=1S/C16H19FN4S/c1-4-9-18-16(22)19-15-11(2)20-21(12(15)3)10-13-7-5-6-8-14(13)17/h4-8H,1,9-10H2,2-3H3,(H2,18,19,22). The number of benzene rings is 1. The lowest BCUT2D eigenvalue weighted by Gasteiger charge is -2.10. The van der Waals surface area contributed by atoms with Gasteiger partial charge in [-0.25, -0.2) is 4.39 Å². The highest BCUT2D eigenvalue weighted by Gasteiger charge is 2.13. The van der Waals surface area contributed by atoms with Crippen LogP contribution in [-0.2, 0) is 6.54 Å². The Morgan fingerprint density at radius 1 is 1.41 bits per heavy atom. The third-order valence-electron chi connectivity index (χ3n) is 3.30. The molecule has 2 aromatic rings. The van der Waals surface area contributed by atoms with Crippen molar-refractivity contribution in [2.75, 3.05) is 11.9 Å². The van der Waals surface area contributed by atoms with Crippen LogP contribution in [-0.4, -0.2) is 21.4 Å². The summed E-state index contributed by atoms with van der Waals surface area (Å²) in [6.45, 7) is 8.43. The van der Waals surface area contributed by atoms with Crippen LogP contribution in [0.15, 0.2) is 36.9 Å². The Morgan fingerprint density at radius 2 is 2.14 bits per heavy atom. The average molecular weight is 318 g/mol. The van der Waals surface area contributed by atoms with Crippen LogP contribution in [0, 0.1) is 19.7 Å². The second-order valence-electron chi connectivity index (χ2n) is 4.92. The molecule has 4 nitrogen and oxygen atoms in total. The number of rotatable bonds is 5. The summed E-state index contributed by atoms with van der Waals surface area (Å²) in [5, 5.41) is 11.1.